The molecule has 0 radical (unpaired) electrons. The van der Waals surface area contributed by atoms with Gasteiger partial charge in [0.2, 0.25) is 0 Å². The highest BCUT2D eigenvalue weighted by Crippen LogP contribution is 2.40. The molecule has 4 heteroatoms. The first-order valence-electron chi connectivity index (χ1n) is 8.38. The molecule has 1 heterocycles. The largest absolute Gasteiger partial charge is 0.237 e. The van der Waals surface area contributed by atoms with Gasteiger partial charge in [-0.3, -0.25) is 0 Å². The smallest absolute Gasteiger partial charge is 0.145 e. The molecule has 0 saturated carbocycles. The zero-order valence-electron chi connectivity index (χ0n) is 14.2. The van der Waals surface area contributed by atoms with Gasteiger partial charge in [-0.1, -0.05) is 49.2 Å². The van der Waals surface area contributed by atoms with Crippen molar-refractivity contribution in [1.29, 1.82) is 5.26 Å². The predicted octanol–water partition coefficient (Wildman–Crippen LogP) is 6.98. The van der Waals surface area contributed by atoms with E-state index in [2.05, 4.69) is 24.9 Å². The number of fused-ring (bicyclic) bond motifs is 1. The summed E-state index contributed by atoms with van der Waals surface area (Å²) in [5, 5.41) is 12.0. The minimum Gasteiger partial charge on any atom is -0.237 e. The Morgan fingerprint density at radius 1 is 1.04 bits per heavy atom. The highest BCUT2D eigenvalue weighted by molar-refractivity contribution is 6.32. The Kier molecular flexibility index (Phi) is 5.27. The van der Waals surface area contributed by atoms with Crippen LogP contribution in [0.5, 0.6) is 0 Å². The number of pyridine rings is 1. The van der Waals surface area contributed by atoms with Gasteiger partial charge in [0.1, 0.15) is 11.8 Å². The molecular weight excluding hydrogens is 351 g/mol. The number of nitriles is 1. The molecule has 0 aliphatic heterocycles. The van der Waals surface area contributed by atoms with Gasteiger partial charge in [0.15, 0.2) is 0 Å². The molecule has 0 spiro atoms. The lowest BCUT2D eigenvalue weighted by molar-refractivity contribution is 0.640. The second kappa shape index (κ2) is 7.44. The third-order valence-corrected chi connectivity index (χ3v) is 5.07. The van der Waals surface area contributed by atoms with Gasteiger partial charge >= 0.3 is 0 Å². The van der Waals surface area contributed by atoms with Gasteiger partial charge in [0.25, 0.3) is 0 Å². The maximum Gasteiger partial charge on any atom is 0.145 e. The van der Waals surface area contributed by atoms with Crippen molar-refractivity contribution in [3.63, 3.8) is 0 Å². The van der Waals surface area contributed by atoms with Crippen LogP contribution in [0, 0.1) is 11.3 Å². The van der Waals surface area contributed by atoms with Gasteiger partial charge in [0.05, 0.1) is 5.52 Å². The van der Waals surface area contributed by atoms with Gasteiger partial charge in [-0.05, 0) is 60.2 Å². The van der Waals surface area contributed by atoms with Crippen molar-refractivity contribution in [2.75, 3.05) is 0 Å². The summed E-state index contributed by atoms with van der Waals surface area (Å²) in [5.74, 6) is 0.250. The van der Waals surface area contributed by atoms with Gasteiger partial charge in [-0.15, -0.1) is 0 Å². The molecule has 0 N–H and O–H groups in total. The zero-order valence-corrected chi connectivity index (χ0v) is 15.7. The molecular formula is C21H18Cl2N2. The van der Waals surface area contributed by atoms with E-state index < -0.39 is 0 Å². The molecule has 2 nitrogen and oxygen atoms in total. The Balaban J connectivity index is 2.49. The van der Waals surface area contributed by atoms with Crippen LogP contribution in [-0.4, -0.2) is 4.98 Å². The van der Waals surface area contributed by atoms with Crippen molar-refractivity contribution >= 4 is 34.1 Å². The fraction of sp³-hybridized carbons (Fsp3) is 0.238. The number of benzene rings is 2. The van der Waals surface area contributed by atoms with Crippen LogP contribution >= 0.6 is 23.2 Å². The molecule has 0 bridgehead atoms. The number of nitrogens with zero attached hydrogens (tertiary/aromatic N) is 2. The second-order valence-corrected chi connectivity index (χ2v) is 6.92. The molecule has 0 saturated heterocycles. The monoisotopic (exact) mass is 368 g/mol. The third-order valence-electron chi connectivity index (χ3n) is 4.60. The molecule has 25 heavy (non-hydrogen) atoms. The lowest BCUT2D eigenvalue weighted by Gasteiger charge is -2.21. The Hall–Kier alpha value is -2.08. The van der Waals surface area contributed by atoms with Crippen LogP contribution in [0.4, 0.5) is 0 Å². The lowest BCUT2D eigenvalue weighted by atomic mass is 9.84. The summed E-state index contributed by atoms with van der Waals surface area (Å²) in [6.07, 6.45) is 1.87. The van der Waals surface area contributed by atoms with E-state index in [0.717, 1.165) is 40.4 Å². The van der Waals surface area contributed by atoms with Crippen molar-refractivity contribution in [2.45, 2.75) is 32.6 Å². The van der Waals surface area contributed by atoms with E-state index in [-0.39, 0.29) is 5.92 Å². The van der Waals surface area contributed by atoms with Crippen LogP contribution in [0.25, 0.3) is 22.0 Å². The minimum absolute atomic E-state index is 0.250. The van der Waals surface area contributed by atoms with Crippen LogP contribution in [0.15, 0.2) is 42.5 Å². The van der Waals surface area contributed by atoms with Gasteiger partial charge in [0, 0.05) is 21.0 Å². The number of hydrogen-bond acceptors (Lipinski definition) is 2. The molecule has 3 rings (SSSR count). The molecule has 0 amide bonds. The fourth-order valence-corrected chi connectivity index (χ4v) is 3.75. The topological polar surface area (TPSA) is 36.7 Å². The lowest BCUT2D eigenvalue weighted by Crippen LogP contribution is -2.05. The second-order valence-electron chi connectivity index (χ2n) is 6.05. The number of rotatable bonds is 4. The minimum atomic E-state index is 0.250. The average Bonchev–Trinajstić information content (AvgIpc) is 2.62. The fourth-order valence-electron chi connectivity index (χ4n) is 3.38. The Labute approximate surface area is 158 Å². The summed E-state index contributed by atoms with van der Waals surface area (Å²) in [5.41, 5.74) is 4.24. The van der Waals surface area contributed by atoms with Crippen molar-refractivity contribution in [2.24, 2.45) is 0 Å². The molecule has 3 aromatic rings. The summed E-state index contributed by atoms with van der Waals surface area (Å²) in [6, 6.07) is 15.6. The van der Waals surface area contributed by atoms with Crippen molar-refractivity contribution < 1.29 is 0 Å². The predicted molar refractivity (Wildman–Crippen MR) is 105 cm³/mol. The zero-order chi connectivity index (χ0) is 18.0. The molecule has 0 atom stereocenters. The van der Waals surface area contributed by atoms with Crippen LogP contribution in [-0.2, 0) is 0 Å². The van der Waals surface area contributed by atoms with Crippen molar-refractivity contribution in [3.8, 4) is 17.2 Å². The van der Waals surface area contributed by atoms with E-state index in [1.165, 1.54) is 0 Å². The molecule has 0 aliphatic carbocycles. The Morgan fingerprint density at radius 3 is 2.40 bits per heavy atom. The molecule has 2 aromatic carbocycles. The highest BCUT2D eigenvalue weighted by atomic mass is 35.5. The van der Waals surface area contributed by atoms with Crippen LogP contribution in [0.3, 0.4) is 0 Å². The summed E-state index contributed by atoms with van der Waals surface area (Å²) >= 11 is 12.5. The number of hydrogen-bond donors (Lipinski definition) is 0. The first-order valence-corrected chi connectivity index (χ1v) is 9.13. The van der Waals surface area contributed by atoms with E-state index in [4.69, 9.17) is 23.2 Å². The standard InChI is InChI=1S/C21H18Cl2N2/c1-3-13(4-2)21-19(12-24)25-18-9-8-16(23)11-17(18)20(21)14-6-5-7-15(22)10-14/h5-11,13H,3-4H2,1-2H3. The van der Waals surface area contributed by atoms with Crippen LogP contribution in [0.2, 0.25) is 10.0 Å². The Morgan fingerprint density at radius 2 is 1.76 bits per heavy atom. The number of aromatic nitrogens is 1. The van der Waals surface area contributed by atoms with Crippen LogP contribution in [0.1, 0.15) is 43.9 Å². The van der Waals surface area contributed by atoms with Gasteiger partial charge < -0.3 is 0 Å². The van der Waals surface area contributed by atoms with Gasteiger partial charge in [-0.2, -0.15) is 5.26 Å². The molecule has 0 unspecified atom stereocenters. The maximum atomic E-state index is 9.73. The third kappa shape index (κ3) is 3.35. The molecule has 126 valence electrons. The molecule has 0 fully saturated rings. The Bertz CT molecular complexity index is 970. The van der Waals surface area contributed by atoms with Crippen molar-refractivity contribution in [3.05, 3.63) is 63.8 Å². The normalized spacial score (nSPS) is 11.0. The van der Waals surface area contributed by atoms with Gasteiger partial charge in [-0.25, -0.2) is 4.98 Å². The highest BCUT2D eigenvalue weighted by Gasteiger charge is 2.22. The van der Waals surface area contributed by atoms with E-state index in [1.54, 1.807) is 6.07 Å². The van der Waals surface area contributed by atoms with E-state index in [1.807, 2.05) is 36.4 Å². The molecule has 1 aromatic heterocycles. The maximum absolute atomic E-state index is 9.73. The average molecular weight is 369 g/mol. The summed E-state index contributed by atoms with van der Waals surface area (Å²) in [6.45, 7) is 4.28. The molecule has 0 aliphatic rings. The van der Waals surface area contributed by atoms with E-state index in [0.29, 0.717) is 15.7 Å². The van der Waals surface area contributed by atoms with Crippen LogP contribution < -0.4 is 0 Å². The number of halogens is 2. The SMILES string of the molecule is CCC(CC)c1c(C#N)nc2ccc(Cl)cc2c1-c1cccc(Cl)c1. The van der Waals surface area contributed by atoms with E-state index >= 15 is 0 Å². The van der Waals surface area contributed by atoms with Crippen molar-refractivity contribution in [1.82, 2.24) is 4.98 Å². The first-order chi connectivity index (χ1) is 12.1. The quantitative estimate of drug-likeness (QED) is 0.497. The first kappa shape index (κ1) is 17.7. The summed E-state index contributed by atoms with van der Waals surface area (Å²) in [4.78, 5) is 4.61. The summed E-state index contributed by atoms with van der Waals surface area (Å²) in [7, 11) is 0. The van der Waals surface area contributed by atoms with E-state index in [9.17, 15) is 5.26 Å². The summed E-state index contributed by atoms with van der Waals surface area (Å²) < 4.78 is 0.